The van der Waals surface area contributed by atoms with Crippen molar-refractivity contribution in [3.05, 3.63) is 23.8 Å². The van der Waals surface area contributed by atoms with Gasteiger partial charge in [-0.05, 0) is 29.2 Å². The van der Waals surface area contributed by atoms with Crippen LogP contribution in [0.25, 0.3) is 0 Å². The summed E-state index contributed by atoms with van der Waals surface area (Å²) < 4.78 is 5.89. The zero-order valence-electron chi connectivity index (χ0n) is 11.1. The molecule has 0 aliphatic carbocycles. The smallest absolute Gasteiger partial charge is 0.488 e. The largest absolute Gasteiger partial charge is 0.545 e. The van der Waals surface area contributed by atoms with Gasteiger partial charge in [-0.2, -0.15) is 5.26 Å². The molecule has 0 aliphatic rings. The van der Waals surface area contributed by atoms with Crippen LogP contribution in [0.1, 0.15) is 26.3 Å². The van der Waals surface area contributed by atoms with Crippen molar-refractivity contribution >= 4 is 21.6 Å². The van der Waals surface area contributed by atoms with Gasteiger partial charge in [0, 0.05) is 0 Å². The number of nitriles is 1. The summed E-state index contributed by atoms with van der Waals surface area (Å²) in [6.07, 6.45) is 0. The third-order valence-electron chi connectivity index (χ3n) is 2.95. The van der Waals surface area contributed by atoms with Crippen LogP contribution in [0.2, 0.25) is 11.6 Å². The Kier molecular flexibility index (Phi) is 4.57. The Balaban J connectivity index is 3.01. The van der Waals surface area contributed by atoms with E-state index in [0.29, 0.717) is 16.8 Å². The van der Waals surface area contributed by atoms with Crippen molar-refractivity contribution in [1.82, 2.24) is 0 Å². The zero-order valence-corrected chi connectivity index (χ0v) is 12.3. The summed E-state index contributed by atoms with van der Waals surface area (Å²) in [5.41, 5.74) is 0.633. The van der Waals surface area contributed by atoms with E-state index in [1.165, 1.54) is 6.07 Å². The number of benzene rings is 1. The minimum atomic E-state index is -1.57. The van der Waals surface area contributed by atoms with Crippen LogP contribution in [0.3, 0.4) is 0 Å². The molecule has 6 heteroatoms. The number of nitrogens with zero attached hydrogens (tertiary/aromatic N) is 1. The van der Waals surface area contributed by atoms with Crippen LogP contribution in [-0.2, 0) is 0 Å². The SMILES string of the molecule is C[SiH](Oc1ccc(B(O)O)cc1C#N)C(C)(C)C. The Morgan fingerprint density at radius 2 is 1.94 bits per heavy atom. The molecule has 18 heavy (non-hydrogen) atoms. The van der Waals surface area contributed by atoms with E-state index in [1.807, 2.05) is 6.07 Å². The van der Waals surface area contributed by atoms with Gasteiger partial charge >= 0.3 is 7.12 Å². The first-order chi connectivity index (χ1) is 8.25. The van der Waals surface area contributed by atoms with Crippen LogP contribution in [-0.4, -0.2) is 26.2 Å². The highest BCUT2D eigenvalue weighted by Gasteiger charge is 2.25. The van der Waals surface area contributed by atoms with E-state index in [0.717, 1.165) is 0 Å². The third kappa shape index (κ3) is 3.60. The molecule has 0 spiro atoms. The van der Waals surface area contributed by atoms with E-state index >= 15 is 0 Å². The number of rotatable bonds is 3. The Labute approximate surface area is 110 Å². The first kappa shape index (κ1) is 14.8. The van der Waals surface area contributed by atoms with Crippen molar-refractivity contribution in [2.24, 2.45) is 0 Å². The summed E-state index contributed by atoms with van der Waals surface area (Å²) in [7, 11) is -3.04. The van der Waals surface area contributed by atoms with Crippen LogP contribution < -0.4 is 9.89 Å². The maximum absolute atomic E-state index is 9.06. The molecule has 0 saturated heterocycles. The predicted molar refractivity (Wildman–Crippen MR) is 74.3 cm³/mol. The molecule has 0 fully saturated rings. The molecule has 1 unspecified atom stereocenters. The second-order valence-electron chi connectivity index (χ2n) is 5.37. The van der Waals surface area contributed by atoms with Crippen molar-refractivity contribution in [3.8, 4) is 11.8 Å². The average Bonchev–Trinajstić information content (AvgIpc) is 2.27. The lowest BCUT2D eigenvalue weighted by atomic mass is 9.79. The Morgan fingerprint density at radius 1 is 1.33 bits per heavy atom. The molecule has 0 heterocycles. The molecule has 1 aromatic rings. The van der Waals surface area contributed by atoms with Gasteiger partial charge in [0.1, 0.15) is 11.8 Å². The molecule has 96 valence electrons. The zero-order chi connectivity index (χ0) is 13.9. The fourth-order valence-electron chi connectivity index (χ4n) is 1.27. The van der Waals surface area contributed by atoms with Crippen LogP contribution >= 0.6 is 0 Å². The van der Waals surface area contributed by atoms with Gasteiger partial charge < -0.3 is 14.5 Å². The van der Waals surface area contributed by atoms with E-state index < -0.39 is 16.2 Å². The van der Waals surface area contributed by atoms with Crippen molar-refractivity contribution in [1.29, 1.82) is 5.26 Å². The molecule has 0 bridgehead atoms. The molecule has 1 rings (SSSR count). The normalized spacial score (nSPS) is 12.7. The summed E-state index contributed by atoms with van der Waals surface area (Å²) in [5, 5.41) is 27.3. The van der Waals surface area contributed by atoms with E-state index in [1.54, 1.807) is 12.1 Å². The fraction of sp³-hybridized carbons (Fsp3) is 0.417. The van der Waals surface area contributed by atoms with Crippen LogP contribution in [0.5, 0.6) is 5.75 Å². The minimum absolute atomic E-state index is 0.0991. The molecule has 1 atom stereocenters. The molecule has 0 amide bonds. The van der Waals surface area contributed by atoms with Gasteiger partial charge in [0.05, 0.1) is 5.56 Å². The second-order valence-corrected chi connectivity index (χ2v) is 8.62. The van der Waals surface area contributed by atoms with Gasteiger partial charge in [-0.1, -0.05) is 26.8 Å². The maximum atomic E-state index is 9.06. The molecule has 0 aliphatic heterocycles. The summed E-state index contributed by atoms with van der Waals surface area (Å²) in [6.45, 7) is 8.42. The first-order valence-corrected chi connectivity index (χ1v) is 8.03. The van der Waals surface area contributed by atoms with Gasteiger partial charge in [-0.15, -0.1) is 0 Å². The molecule has 4 nitrogen and oxygen atoms in total. The Morgan fingerprint density at radius 3 is 2.39 bits per heavy atom. The van der Waals surface area contributed by atoms with E-state index in [4.69, 9.17) is 19.7 Å². The topological polar surface area (TPSA) is 73.5 Å². The molecule has 1 aromatic carbocycles. The molecule has 0 saturated carbocycles. The average molecular weight is 263 g/mol. The van der Waals surface area contributed by atoms with Crippen LogP contribution in [0.4, 0.5) is 0 Å². The monoisotopic (exact) mass is 263 g/mol. The quantitative estimate of drug-likeness (QED) is 0.790. The van der Waals surface area contributed by atoms with Gasteiger partial charge in [0.2, 0.25) is 9.04 Å². The van der Waals surface area contributed by atoms with Crippen molar-refractivity contribution in [2.45, 2.75) is 32.4 Å². The number of hydrogen-bond acceptors (Lipinski definition) is 4. The molecular formula is C12H18BNO3Si. The van der Waals surface area contributed by atoms with Crippen molar-refractivity contribution < 1.29 is 14.5 Å². The molecule has 0 radical (unpaired) electrons. The second kappa shape index (κ2) is 5.57. The molecule has 2 N–H and O–H groups in total. The summed E-state index contributed by atoms with van der Waals surface area (Å²) in [6, 6.07) is 6.66. The first-order valence-electron chi connectivity index (χ1n) is 5.82. The summed E-state index contributed by atoms with van der Waals surface area (Å²) in [4.78, 5) is 0. The Bertz CT molecular complexity index is 465. The lowest BCUT2D eigenvalue weighted by molar-refractivity contribution is 0.425. The van der Waals surface area contributed by atoms with E-state index in [-0.39, 0.29) is 5.04 Å². The Hall–Kier alpha value is -1.29. The van der Waals surface area contributed by atoms with Crippen LogP contribution in [0, 0.1) is 11.3 Å². The van der Waals surface area contributed by atoms with Gasteiger partial charge in [0.15, 0.2) is 0 Å². The lowest BCUT2D eigenvalue weighted by Gasteiger charge is -2.26. The highest BCUT2D eigenvalue weighted by molar-refractivity contribution is 6.58. The molecular weight excluding hydrogens is 245 g/mol. The lowest BCUT2D eigenvalue weighted by Crippen LogP contribution is -2.31. The highest BCUT2D eigenvalue weighted by Crippen LogP contribution is 2.29. The van der Waals surface area contributed by atoms with Gasteiger partial charge in [0.25, 0.3) is 0 Å². The van der Waals surface area contributed by atoms with Crippen molar-refractivity contribution in [2.75, 3.05) is 0 Å². The van der Waals surface area contributed by atoms with Gasteiger partial charge in [-0.25, -0.2) is 0 Å². The predicted octanol–water partition coefficient (Wildman–Crippen LogP) is 0.771. The van der Waals surface area contributed by atoms with E-state index in [9.17, 15) is 0 Å². The number of hydrogen-bond donors (Lipinski definition) is 2. The van der Waals surface area contributed by atoms with Crippen LogP contribution in [0.15, 0.2) is 18.2 Å². The van der Waals surface area contributed by atoms with Gasteiger partial charge in [-0.3, -0.25) is 0 Å². The summed E-state index contributed by atoms with van der Waals surface area (Å²) in [5.74, 6) is 0.524. The summed E-state index contributed by atoms with van der Waals surface area (Å²) >= 11 is 0. The van der Waals surface area contributed by atoms with E-state index in [2.05, 4.69) is 27.3 Å². The minimum Gasteiger partial charge on any atom is -0.545 e. The fourth-order valence-corrected chi connectivity index (χ4v) is 2.21. The molecule has 0 aromatic heterocycles. The maximum Gasteiger partial charge on any atom is 0.488 e. The highest BCUT2D eigenvalue weighted by atomic mass is 28.3. The van der Waals surface area contributed by atoms with Crippen molar-refractivity contribution in [3.63, 3.8) is 0 Å². The standard InChI is InChI=1S/C12H18BNO3Si/c1-12(2,3)18(4)17-11-6-5-10(13(15)16)7-9(11)8-14/h5-7,15-16,18H,1-4H3. The third-order valence-corrected chi connectivity index (χ3v) is 5.99.